The van der Waals surface area contributed by atoms with Crippen molar-refractivity contribution in [3.63, 3.8) is 0 Å². The van der Waals surface area contributed by atoms with E-state index in [1.807, 2.05) is 18.7 Å². The number of fused-ring (bicyclic) bond motifs is 1. The smallest absolute Gasteiger partial charge is 0.154 e. The Kier molecular flexibility index (Phi) is 4.49. The van der Waals surface area contributed by atoms with Crippen molar-refractivity contribution in [2.24, 2.45) is 0 Å². The molecule has 22 heavy (non-hydrogen) atoms. The molecule has 0 aromatic carbocycles. The zero-order valence-corrected chi connectivity index (χ0v) is 13.5. The minimum absolute atomic E-state index is 0.439. The predicted octanol–water partition coefficient (Wildman–Crippen LogP) is 1.96. The highest BCUT2D eigenvalue weighted by molar-refractivity contribution is 5.20. The minimum Gasteiger partial charge on any atom is -0.377 e. The molecule has 6 heteroatoms. The molecular weight excluding hydrogens is 278 g/mol. The van der Waals surface area contributed by atoms with Crippen LogP contribution >= 0.6 is 0 Å². The van der Waals surface area contributed by atoms with Crippen molar-refractivity contribution in [1.29, 1.82) is 0 Å². The first-order valence-corrected chi connectivity index (χ1v) is 7.73. The molecule has 0 saturated heterocycles. The zero-order chi connectivity index (χ0) is 15.5. The Morgan fingerprint density at radius 1 is 1.32 bits per heavy atom. The van der Waals surface area contributed by atoms with E-state index in [-0.39, 0.29) is 0 Å². The Morgan fingerprint density at radius 3 is 2.95 bits per heavy atom. The van der Waals surface area contributed by atoms with Crippen molar-refractivity contribution in [3.05, 3.63) is 41.5 Å². The number of imidazole rings is 1. The van der Waals surface area contributed by atoms with Crippen LogP contribution in [0.5, 0.6) is 0 Å². The molecule has 0 amide bonds. The molecule has 3 rings (SSSR count). The van der Waals surface area contributed by atoms with Crippen LogP contribution in [-0.2, 0) is 30.9 Å². The second-order valence-corrected chi connectivity index (χ2v) is 6.04. The summed E-state index contributed by atoms with van der Waals surface area (Å²) >= 11 is 0. The summed E-state index contributed by atoms with van der Waals surface area (Å²) in [6.45, 7) is 7.66. The van der Waals surface area contributed by atoms with Crippen LogP contribution in [0.15, 0.2) is 18.7 Å². The molecule has 2 aromatic rings. The molecule has 0 radical (unpaired) electrons. The summed E-state index contributed by atoms with van der Waals surface area (Å²) in [6.07, 6.45) is 6.79. The lowest BCUT2D eigenvalue weighted by Gasteiger charge is -2.28. The van der Waals surface area contributed by atoms with E-state index in [4.69, 9.17) is 4.74 Å². The lowest BCUT2D eigenvalue weighted by molar-refractivity contribution is 0.176. The Bertz CT molecular complexity index is 637. The molecule has 118 valence electrons. The van der Waals surface area contributed by atoms with Gasteiger partial charge in [0.25, 0.3) is 0 Å². The maximum absolute atomic E-state index is 5.10. The molecule has 0 saturated carbocycles. The molecule has 0 aliphatic carbocycles. The number of hydrogen-bond acceptors (Lipinski definition) is 5. The molecular formula is C16H23N5O. The normalized spacial score (nSPS) is 15.3. The van der Waals surface area contributed by atoms with Crippen LogP contribution in [-0.4, -0.2) is 38.1 Å². The van der Waals surface area contributed by atoms with Gasteiger partial charge in [-0.25, -0.2) is 15.0 Å². The lowest BCUT2D eigenvalue weighted by atomic mass is 10.1. The monoisotopic (exact) mass is 301 g/mol. The quantitative estimate of drug-likeness (QED) is 0.845. The van der Waals surface area contributed by atoms with Crippen LogP contribution in [0, 0.1) is 0 Å². The first kappa shape index (κ1) is 15.1. The fourth-order valence-electron chi connectivity index (χ4n) is 2.90. The molecule has 0 N–H and O–H groups in total. The maximum Gasteiger partial charge on any atom is 0.154 e. The van der Waals surface area contributed by atoms with E-state index in [0.29, 0.717) is 12.6 Å². The lowest BCUT2D eigenvalue weighted by Crippen LogP contribution is -2.32. The zero-order valence-electron chi connectivity index (χ0n) is 13.5. The van der Waals surface area contributed by atoms with Crippen LogP contribution in [0.3, 0.4) is 0 Å². The van der Waals surface area contributed by atoms with Gasteiger partial charge in [-0.15, -0.1) is 0 Å². The largest absolute Gasteiger partial charge is 0.377 e. The van der Waals surface area contributed by atoms with Gasteiger partial charge in [-0.1, -0.05) is 0 Å². The third kappa shape index (κ3) is 3.18. The van der Waals surface area contributed by atoms with E-state index >= 15 is 0 Å². The van der Waals surface area contributed by atoms with Gasteiger partial charge in [-0.2, -0.15) is 0 Å². The molecule has 0 atom stereocenters. The van der Waals surface area contributed by atoms with Crippen molar-refractivity contribution in [2.75, 3.05) is 13.7 Å². The summed E-state index contributed by atoms with van der Waals surface area (Å²) < 4.78 is 7.33. The summed E-state index contributed by atoms with van der Waals surface area (Å²) in [7, 11) is 1.67. The van der Waals surface area contributed by atoms with Crippen molar-refractivity contribution in [3.8, 4) is 0 Å². The summed E-state index contributed by atoms with van der Waals surface area (Å²) in [4.78, 5) is 15.7. The third-order valence-corrected chi connectivity index (χ3v) is 4.02. The Hall–Kier alpha value is -1.79. The van der Waals surface area contributed by atoms with Crippen LogP contribution in [0.25, 0.3) is 0 Å². The number of hydrogen-bond donors (Lipinski definition) is 0. The van der Waals surface area contributed by atoms with Gasteiger partial charge in [-0.3, -0.25) is 4.90 Å². The van der Waals surface area contributed by atoms with E-state index < -0.39 is 0 Å². The van der Waals surface area contributed by atoms with Crippen LogP contribution in [0.2, 0.25) is 0 Å². The molecule has 1 aliphatic heterocycles. The van der Waals surface area contributed by atoms with Gasteiger partial charge in [0, 0.05) is 62.9 Å². The first-order chi connectivity index (χ1) is 10.7. The average molecular weight is 301 g/mol. The van der Waals surface area contributed by atoms with E-state index in [0.717, 1.165) is 37.6 Å². The summed E-state index contributed by atoms with van der Waals surface area (Å²) in [6, 6.07) is 0.439. The maximum atomic E-state index is 5.10. The second-order valence-electron chi connectivity index (χ2n) is 6.04. The number of methoxy groups -OCH3 is 1. The Balaban J connectivity index is 1.70. The van der Waals surface area contributed by atoms with Gasteiger partial charge in [0.05, 0.1) is 12.0 Å². The van der Waals surface area contributed by atoms with Crippen molar-refractivity contribution in [1.82, 2.24) is 24.4 Å². The molecule has 1 aliphatic rings. The Morgan fingerprint density at radius 2 is 2.18 bits per heavy atom. The van der Waals surface area contributed by atoms with E-state index in [1.54, 1.807) is 7.11 Å². The molecule has 0 fully saturated rings. The van der Waals surface area contributed by atoms with Crippen LogP contribution in [0.4, 0.5) is 0 Å². The Labute approximate surface area is 131 Å². The van der Waals surface area contributed by atoms with Gasteiger partial charge in [-0.05, 0) is 13.8 Å². The third-order valence-electron chi connectivity index (χ3n) is 4.02. The van der Waals surface area contributed by atoms with Crippen molar-refractivity contribution in [2.45, 2.75) is 46.0 Å². The molecule has 2 aromatic heterocycles. The topological polar surface area (TPSA) is 56.1 Å². The summed E-state index contributed by atoms with van der Waals surface area (Å²) in [5, 5.41) is 0. The molecule has 3 heterocycles. The fourth-order valence-corrected chi connectivity index (χ4v) is 2.90. The SMILES string of the molecule is COCc1ncc2c(n1)CCN(Cc1cncn1C(C)C)C2. The van der Waals surface area contributed by atoms with Crippen LogP contribution in [0.1, 0.15) is 42.7 Å². The van der Waals surface area contributed by atoms with Crippen molar-refractivity contribution < 1.29 is 4.74 Å². The van der Waals surface area contributed by atoms with Gasteiger partial charge in [0.15, 0.2) is 5.82 Å². The minimum atomic E-state index is 0.439. The highest BCUT2D eigenvalue weighted by atomic mass is 16.5. The second kappa shape index (κ2) is 6.54. The van der Waals surface area contributed by atoms with Gasteiger partial charge in [0.2, 0.25) is 0 Å². The molecule has 0 unspecified atom stereocenters. The number of nitrogens with zero attached hydrogens (tertiary/aromatic N) is 5. The van der Waals surface area contributed by atoms with E-state index in [9.17, 15) is 0 Å². The highest BCUT2D eigenvalue weighted by Gasteiger charge is 2.20. The van der Waals surface area contributed by atoms with E-state index in [2.05, 4.69) is 38.3 Å². The predicted molar refractivity (Wildman–Crippen MR) is 83.2 cm³/mol. The van der Waals surface area contributed by atoms with Gasteiger partial charge < -0.3 is 9.30 Å². The molecule has 0 bridgehead atoms. The number of rotatable bonds is 5. The first-order valence-electron chi connectivity index (χ1n) is 7.73. The number of ether oxygens (including phenoxy) is 1. The van der Waals surface area contributed by atoms with Crippen LogP contribution < -0.4 is 0 Å². The van der Waals surface area contributed by atoms with Gasteiger partial charge in [0.1, 0.15) is 6.61 Å². The van der Waals surface area contributed by atoms with Gasteiger partial charge >= 0.3 is 0 Å². The summed E-state index contributed by atoms with van der Waals surface area (Å²) in [5.74, 6) is 0.771. The highest BCUT2D eigenvalue weighted by Crippen LogP contribution is 2.19. The van der Waals surface area contributed by atoms with E-state index in [1.165, 1.54) is 11.3 Å². The summed E-state index contributed by atoms with van der Waals surface area (Å²) in [5.41, 5.74) is 3.65. The van der Waals surface area contributed by atoms with Crippen molar-refractivity contribution >= 4 is 0 Å². The average Bonchev–Trinajstić information content (AvgIpc) is 2.96. The number of aromatic nitrogens is 4. The standard InChI is InChI=1S/C16H23N5O/c1-12(2)21-11-17-7-14(21)9-20-5-4-15-13(8-20)6-18-16(19-15)10-22-3/h6-7,11-12H,4-5,8-10H2,1-3H3. The molecule has 0 spiro atoms. The molecule has 6 nitrogen and oxygen atoms in total. The fraction of sp³-hybridized carbons (Fsp3) is 0.562.